The molecule has 168 valence electrons. The highest BCUT2D eigenvalue weighted by Crippen LogP contribution is 2.24. The maximum absolute atomic E-state index is 13.3. The molecule has 0 aliphatic heterocycles. The molecule has 2 aromatic rings. The Balaban J connectivity index is 2.41. The second-order valence-electron chi connectivity index (χ2n) is 7.55. The molecule has 8 heteroatoms. The summed E-state index contributed by atoms with van der Waals surface area (Å²) in [6.45, 7) is 5.34. The molecule has 0 bridgehead atoms. The van der Waals surface area contributed by atoms with Gasteiger partial charge in [0, 0.05) is 13.6 Å². The van der Waals surface area contributed by atoms with Crippen LogP contribution in [0.2, 0.25) is 0 Å². The van der Waals surface area contributed by atoms with Crippen molar-refractivity contribution in [3.63, 3.8) is 0 Å². The Kier molecular flexibility index (Phi) is 8.21. The Hall–Kier alpha value is -2.87. The first-order valence-electron chi connectivity index (χ1n) is 10.2. The number of aryl methyl sites for hydroxylation is 2. The number of likely N-dealkylation sites (N-methyl/N-ethyl adjacent to an activating group) is 1. The summed E-state index contributed by atoms with van der Waals surface area (Å²) in [6, 6.07) is 14.0. The molecule has 2 rings (SSSR count). The summed E-state index contributed by atoms with van der Waals surface area (Å²) in [5.41, 5.74) is 3.24. The van der Waals surface area contributed by atoms with Crippen LogP contribution in [0, 0.1) is 6.92 Å². The first-order chi connectivity index (χ1) is 14.6. The number of benzene rings is 2. The summed E-state index contributed by atoms with van der Waals surface area (Å²) >= 11 is 0. The zero-order valence-corrected chi connectivity index (χ0v) is 19.6. The van der Waals surface area contributed by atoms with E-state index in [1.807, 2.05) is 50.2 Å². The van der Waals surface area contributed by atoms with Crippen molar-refractivity contribution in [3.05, 3.63) is 65.2 Å². The molecule has 0 aromatic heterocycles. The summed E-state index contributed by atoms with van der Waals surface area (Å²) in [5, 5.41) is 2.56. The molecule has 7 nitrogen and oxygen atoms in total. The molecule has 1 N–H and O–H groups in total. The highest BCUT2D eigenvalue weighted by molar-refractivity contribution is 7.92. The fourth-order valence-electron chi connectivity index (χ4n) is 3.33. The van der Waals surface area contributed by atoms with E-state index in [0.29, 0.717) is 12.1 Å². The molecule has 0 spiro atoms. The highest BCUT2D eigenvalue weighted by atomic mass is 32.2. The fourth-order valence-corrected chi connectivity index (χ4v) is 4.21. The van der Waals surface area contributed by atoms with E-state index < -0.39 is 22.0 Å². The number of carbonyl (C=O) groups is 2. The van der Waals surface area contributed by atoms with Crippen LogP contribution in [0.4, 0.5) is 5.69 Å². The van der Waals surface area contributed by atoms with Gasteiger partial charge >= 0.3 is 0 Å². The predicted molar refractivity (Wildman–Crippen MR) is 123 cm³/mol. The van der Waals surface area contributed by atoms with Crippen molar-refractivity contribution in [2.24, 2.45) is 0 Å². The number of nitrogens with zero attached hydrogens (tertiary/aromatic N) is 2. The van der Waals surface area contributed by atoms with Crippen molar-refractivity contribution in [2.75, 3.05) is 24.2 Å². The standard InChI is InChI=1S/C23H31N3O4S/c1-6-20-9-7-8-10-21(20)26(31(5,29)30)16-22(27)25(18(3)23(28)24-4)15-19-13-11-17(2)12-14-19/h7-14,18H,6,15-16H2,1-5H3,(H,24,28). The van der Waals surface area contributed by atoms with Crippen LogP contribution in [0.5, 0.6) is 0 Å². The second kappa shape index (κ2) is 10.4. The second-order valence-corrected chi connectivity index (χ2v) is 9.46. The smallest absolute Gasteiger partial charge is 0.244 e. The molecule has 0 aliphatic carbocycles. The van der Waals surface area contributed by atoms with Crippen molar-refractivity contribution in [3.8, 4) is 0 Å². The Morgan fingerprint density at radius 3 is 2.23 bits per heavy atom. The van der Waals surface area contributed by atoms with Crippen LogP contribution < -0.4 is 9.62 Å². The maximum Gasteiger partial charge on any atom is 0.244 e. The molecule has 2 amide bonds. The summed E-state index contributed by atoms with van der Waals surface area (Å²) < 4.78 is 26.3. The fraction of sp³-hybridized carbons (Fsp3) is 0.391. The molecule has 31 heavy (non-hydrogen) atoms. The number of amides is 2. The van der Waals surface area contributed by atoms with Crippen LogP contribution in [0.1, 0.15) is 30.5 Å². The van der Waals surface area contributed by atoms with E-state index in [4.69, 9.17) is 0 Å². The maximum atomic E-state index is 13.3. The van der Waals surface area contributed by atoms with Gasteiger partial charge < -0.3 is 10.2 Å². The SMILES string of the molecule is CCc1ccccc1N(CC(=O)N(Cc1ccc(C)cc1)C(C)C(=O)NC)S(C)(=O)=O. The van der Waals surface area contributed by atoms with Crippen molar-refractivity contribution in [2.45, 2.75) is 39.8 Å². The summed E-state index contributed by atoms with van der Waals surface area (Å²) in [4.78, 5) is 27.1. The van der Waals surface area contributed by atoms with E-state index in [1.54, 1.807) is 19.1 Å². The number of nitrogens with one attached hydrogen (secondary N) is 1. The Morgan fingerprint density at radius 2 is 1.68 bits per heavy atom. The number of carbonyl (C=O) groups excluding carboxylic acids is 2. The highest BCUT2D eigenvalue weighted by Gasteiger charge is 2.30. The van der Waals surface area contributed by atoms with Crippen LogP contribution in [0.15, 0.2) is 48.5 Å². The number of sulfonamides is 1. The molecule has 1 atom stereocenters. The monoisotopic (exact) mass is 445 g/mol. The number of rotatable bonds is 9. The van der Waals surface area contributed by atoms with Gasteiger partial charge in [-0.2, -0.15) is 0 Å². The van der Waals surface area contributed by atoms with Gasteiger partial charge in [0.05, 0.1) is 11.9 Å². The van der Waals surface area contributed by atoms with Crippen molar-refractivity contribution in [1.29, 1.82) is 0 Å². The van der Waals surface area contributed by atoms with Crippen LogP contribution >= 0.6 is 0 Å². The lowest BCUT2D eigenvalue weighted by Gasteiger charge is -2.31. The Morgan fingerprint density at radius 1 is 1.06 bits per heavy atom. The Labute approximate surface area is 185 Å². The first-order valence-corrected chi connectivity index (χ1v) is 12.1. The van der Waals surface area contributed by atoms with Crippen molar-refractivity contribution >= 4 is 27.5 Å². The third-order valence-corrected chi connectivity index (χ3v) is 6.33. The first kappa shape index (κ1) is 24.4. The molecule has 0 aliphatic rings. The van der Waals surface area contributed by atoms with E-state index in [0.717, 1.165) is 27.3 Å². The van der Waals surface area contributed by atoms with Gasteiger partial charge in [0.2, 0.25) is 21.8 Å². The number of para-hydroxylation sites is 1. The summed E-state index contributed by atoms with van der Waals surface area (Å²) in [6.07, 6.45) is 1.71. The Bertz CT molecular complexity index is 1020. The lowest BCUT2D eigenvalue weighted by atomic mass is 10.1. The lowest BCUT2D eigenvalue weighted by Crippen LogP contribution is -2.50. The van der Waals surface area contributed by atoms with E-state index in [9.17, 15) is 18.0 Å². The molecular formula is C23H31N3O4S. The van der Waals surface area contributed by atoms with Crippen molar-refractivity contribution in [1.82, 2.24) is 10.2 Å². The van der Waals surface area contributed by atoms with Crippen LogP contribution in [-0.2, 0) is 32.6 Å². The topological polar surface area (TPSA) is 86.8 Å². The molecule has 0 radical (unpaired) electrons. The van der Waals surface area contributed by atoms with Gasteiger partial charge in [-0.3, -0.25) is 13.9 Å². The lowest BCUT2D eigenvalue weighted by molar-refractivity contribution is -0.139. The van der Waals surface area contributed by atoms with Gasteiger partial charge in [0.15, 0.2) is 0 Å². The van der Waals surface area contributed by atoms with Crippen molar-refractivity contribution < 1.29 is 18.0 Å². The number of hydrogen-bond donors (Lipinski definition) is 1. The molecule has 0 heterocycles. The van der Waals surface area contributed by atoms with Crippen LogP contribution in [-0.4, -0.2) is 51.0 Å². The average Bonchev–Trinajstić information content (AvgIpc) is 2.75. The molecule has 0 fully saturated rings. The zero-order chi connectivity index (χ0) is 23.2. The van der Waals surface area contributed by atoms with Gasteiger partial charge in [-0.25, -0.2) is 8.42 Å². The largest absolute Gasteiger partial charge is 0.357 e. The number of anilines is 1. The third-order valence-electron chi connectivity index (χ3n) is 5.21. The van der Waals surface area contributed by atoms with E-state index in [-0.39, 0.29) is 19.0 Å². The quantitative estimate of drug-likeness (QED) is 0.642. The summed E-state index contributed by atoms with van der Waals surface area (Å²) in [5.74, 6) is -0.770. The minimum Gasteiger partial charge on any atom is -0.357 e. The molecular weight excluding hydrogens is 414 g/mol. The van der Waals surface area contributed by atoms with E-state index in [2.05, 4.69) is 5.32 Å². The minimum atomic E-state index is -3.72. The molecule has 0 saturated carbocycles. The van der Waals surface area contributed by atoms with Crippen LogP contribution in [0.3, 0.4) is 0 Å². The minimum absolute atomic E-state index is 0.195. The van der Waals surface area contributed by atoms with Gasteiger partial charge in [-0.15, -0.1) is 0 Å². The van der Waals surface area contributed by atoms with Gasteiger partial charge in [0.25, 0.3) is 0 Å². The van der Waals surface area contributed by atoms with E-state index in [1.165, 1.54) is 11.9 Å². The van der Waals surface area contributed by atoms with Gasteiger partial charge in [-0.05, 0) is 37.5 Å². The zero-order valence-electron chi connectivity index (χ0n) is 18.8. The molecule has 2 aromatic carbocycles. The third kappa shape index (κ3) is 6.30. The predicted octanol–water partition coefficient (Wildman–Crippen LogP) is 2.49. The summed E-state index contributed by atoms with van der Waals surface area (Å²) in [7, 11) is -2.22. The van der Waals surface area contributed by atoms with E-state index >= 15 is 0 Å². The molecule has 0 saturated heterocycles. The van der Waals surface area contributed by atoms with Crippen LogP contribution in [0.25, 0.3) is 0 Å². The van der Waals surface area contributed by atoms with Gasteiger partial charge in [0.1, 0.15) is 12.6 Å². The average molecular weight is 446 g/mol. The normalized spacial score (nSPS) is 12.2. The number of hydrogen-bond acceptors (Lipinski definition) is 4. The molecule has 1 unspecified atom stereocenters. The van der Waals surface area contributed by atoms with Gasteiger partial charge in [-0.1, -0.05) is 55.0 Å².